The average molecular weight is 385 g/mol. The number of nitro groups is 1. The largest absolute Gasteiger partial charge is 0.476 e. The van der Waals surface area contributed by atoms with E-state index in [0.29, 0.717) is 17.2 Å². The van der Waals surface area contributed by atoms with Crippen molar-refractivity contribution in [1.29, 1.82) is 0 Å². The number of pyridine rings is 1. The molecule has 1 aliphatic carbocycles. The number of nitrogens with one attached hydrogen (secondary N) is 1. The van der Waals surface area contributed by atoms with Gasteiger partial charge in [-0.2, -0.15) is 0 Å². The molecule has 0 unspecified atom stereocenters. The van der Waals surface area contributed by atoms with Gasteiger partial charge in [0, 0.05) is 24.6 Å². The Hall–Kier alpha value is -3.36. The summed E-state index contributed by atoms with van der Waals surface area (Å²) in [4.78, 5) is 26.1. The highest BCUT2D eigenvalue weighted by Crippen LogP contribution is 2.46. The fourth-order valence-electron chi connectivity index (χ4n) is 3.44. The third-order valence-corrected chi connectivity index (χ3v) is 4.72. The minimum Gasteiger partial charge on any atom is -0.476 e. The summed E-state index contributed by atoms with van der Waals surface area (Å²) in [5.74, 6) is -0.259. The van der Waals surface area contributed by atoms with E-state index in [1.807, 2.05) is 0 Å². The molecule has 2 aromatic rings. The molecule has 4 rings (SSSR count). The van der Waals surface area contributed by atoms with Crippen molar-refractivity contribution >= 4 is 17.4 Å². The highest BCUT2D eigenvalue weighted by atomic mass is 16.7. The fraction of sp³-hybridized carbons (Fsp3) is 0.368. The maximum Gasteiger partial charge on any atom is 0.406 e. The Morgan fingerprint density at radius 3 is 2.79 bits per heavy atom. The number of fused-ring (bicyclic) bond motifs is 1. The Balaban J connectivity index is 1.38. The number of anilines is 1. The van der Waals surface area contributed by atoms with Crippen LogP contribution in [0, 0.1) is 10.1 Å². The lowest BCUT2D eigenvalue weighted by Gasteiger charge is -2.31. The van der Waals surface area contributed by atoms with Crippen LogP contribution in [0.5, 0.6) is 17.2 Å². The van der Waals surface area contributed by atoms with Crippen LogP contribution in [0.2, 0.25) is 0 Å². The number of amides is 1. The van der Waals surface area contributed by atoms with Crippen LogP contribution in [0.1, 0.15) is 32.1 Å². The zero-order valence-electron chi connectivity index (χ0n) is 15.1. The minimum absolute atomic E-state index is 0.0624. The maximum absolute atomic E-state index is 12.2. The Labute approximate surface area is 160 Å². The summed E-state index contributed by atoms with van der Waals surface area (Å²) in [7, 11) is 0. The normalized spacial score (nSPS) is 16.6. The SMILES string of the molecule is O=C(COc1cccnc1[N+](=O)[O-])Nc1ccc2c(c1)OC1(CCCCC1)O2. The zero-order valence-corrected chi connectivity index (χ0v) is 15.1. The molecule has 1 fully saturated rings. The summed E-state index contributed by atoms with van der Waals surface area (Å²) in [6.07, 6.45) is 6.30. The van der Waals surface area contributed by atoms with E-state index in [4.69, 9.17) is 14.2 Å². The van der Waals surface area contributed by atoms with Crippen molar-refractivity contribution in [3.63, 3.8) is 0 Å². The Morgan fingerprint density at radius 2 is 2.00 bits per heavy atom. The first-order valence-electron chi connectivity index (χ1n) is 9.09. The number of aromatic nitrogens is 1. The number of hydrogen-bond acceptors (Lipinski definition) is 7. The molecule has 1 saturated carbocycles. The van der Waals surface area contributed by atoms with Gasteiger partial charge in [-0.1, -0.05) is 6.42 Å². The molecule has 9 nitrogen and oxygen atoms in total. The Kier molecular flexibility index (Phi) is 4.72. The van der Waals surface area contributed by atoms with E-state index >= 15 is 0 Å². The van der Waals surface area contributed by atoms with Crippen LogP contribution in [-0.2, 0) is 4.79 Å². The van der Waals surface area contributed by atoms with Crippen LogP contribution in [0.15, 0.2) is 36.5 Å². The predicted octanol–water partition coefficient (Wildman–Crippen LogP) is 3.44. The highest BCUT2D eigenvalue weighted by Gasteiger charge is 2.42. The summed E-state index contributed by atoms with van der Waals surface area (Å²) in [5.41, 5.74) is 0.532. The molecule has 2 heterocycles. The van der Waals surface area contributed by atoms with Gasteiger partial charge in [-0.25, -0.2) is 0 Å². The lowest BCUT2D eigenvalue weighted by atomic mass is 9.94. The molecule has 1 amide bonds. The summed E-state index contributed by atoms with van der Waals surface area (Å²) in [6.45, 7) is -0.384. The van der Waals surface area contributed by atoms with E-state index in [1.165, 1.54) is 24.8 Å². The van der Waals surface area contributed by atoms with E-state index in [9.17, 15) is 14.9 Å². The van der Waals surface area contributed by atoms with Crippen molar-refractivity contribution in [2.45, 2.75) is 37.9 Å². The highest BCUT2D eigenvalue weighted by molar-refractivity contribution is 5.92. The van der Waals surface area contributed by atoms with Gasteiger partial charge in [0.05, 0.1) is 0 Å². The van der Waals surface area contributed by atoms with E-state index in [0.717, 1.165) is 25.7 Å². The first-order valence-corrected chi connectivity index (χ1v) is 9.09. The molecule has 1 aliphatic heterocycles. The van der Waals surface area contributed by atoms with Crippen LogP contribution in [0.25, 0.3) is 0 Å². The van der Waals surface area contributed by atoms with Crippen molar-refractivity contribution in [1.82, 2.24) is 4.98 Å². The predicted molar refractivity (Wildman–Crippen MR) is 98.5 cm³/mol. The molecule has 1 N–H and O–H groups in total. The van der Waals surface area contributed by atoms with Gasteiger partial charge in [-0.3, -0.25) is 4.79 Å². The van der Waals surface area contributed by atoms with Crippen molar-refractivity contribution < 1.29 is 23.9 Å². The molecule has 28 heavy (non-hydrogen) atoms. The van der Waals surface area contributed by atoms with Crippen LogP contribution in [0.4, 0.5) is 11.5 Å². The standard InChI is InChI=1S/C19H19N3O6/c23-17(12-26-15-5-4-10-20-18(15)22(24)25)21-13-6-7-14-16(11-13)28-19(27-14)8-2-1-3-9-19/h4-7,10-11H,1-3,8-9,12H2,(H,21,23). The molecule has 1 aromatic heterocycles. The molecule has 146 valence electrons. The van der Waals surface area contributed by atoms with Gasteiger partial charge >= 0.3 is 5.82 Å². The van der Waals surface area contributed by atoms with Gasteiger partial charge in [0.2, 0.25) is 5.75 Å². The molecule has 9 heteroatoms. The van der Waals surface area contributed by atoms with Crippen molar-refractivity contribution in [3.8, 4) is 17.2 Å². The Morgan fingerprint density at radius 1 is 1.21 bits per heavy atom. The molecule has 0 atom stereocenters. The third kappa shape index (κ3) is 3.68. The van der Waals surface area contributed by atoms with E-state index in [2.05, 4.69) is 10.3 Å². The van der Waals surface area contributed by atoms with E-state index in [-0.39, 0.29) is 12.4 Å². The van der Waals surface area contributed by atoms with Gasteiger partial charge in [0.15, 0.2) is 18.1 Å². The van der Waals surface area contributed by atoms with Crippen LogP contribution in [0.3, 0.4) is 0 Å². The second kappa shape index (κ2) is 7.34. The van der Waals surface area contributed by atoms with Crippen LogP contribution >= 0.6 is 0 Å². The molecule has 0 saturated heterocycles. The van der Waals surface area contributed by atoms with Crippen molar-refractivity contribution in [3.05, 3.63) is 46.6 Å². The number of benzene rings is 1. The summed E-state index contributed by atoms with van der Waals surface area (Å²) >= 11 is 0. The fourth-order valence-corrected chi connectivity index (χ4v) is 3.44. The molecule has 1 aromatic carbocycles. The summed E-state index contributed by atoms with van der Waals surface area (Å²) < 4.78 is 17.3. The molecule has 2 aliphatic rings. The maximum atomic E-state index is 12.2. The van der Waals surface area contributed by atoms with Crippen LogP contribution in [-0.4, -0.2) is 28.2 Å². The summed E-state index contributed by atoms with van der Waals surface area (Å²) in [5, 5.41) is 13.6. The molecule has 0 radical (unpaired) electrons. The monoisotopic (exact) mass is 385 g/mol. The van der Waals surface area contributed by atoms with Gasteiger partial charge in [0.25, 0.3) is 11.7 Å². The lowest BCUT2D eigenvalue weighted by Crippen LogP contribution is -2.40. The lowest BCUT2D eigenvalue weighted by molar-refractivity contribution is -0.390. The van der Waals surface area contributed by atoms with Gasteiger partial charge in [-0.05, 0) is 47.0 Å². The second-order valence-corrected chi connectivity index (χ2v) is 6.76. The number of carbonyl (C=O) groups is 1. The number of hydrogen-bond donors (Lipinski definition) is 1. The molecular weight excluding hydrogens is 366 g/mol. The quantitative estimate of drug-likeness (QED) is 0.619. The molecule has 0 bridgehead atoms. The van der Waals surface area contributed by atoms with E-state index < -0.39 is 22.4 Å². The second-order valence-electron chi connectivity index (χ2n) is 6.76. The van der Waals surface area contributed by atoms with Gasteiger partial charge in [-0.15, -0.1) is 0 Å². The number of carbonyl (C=O) groups excluding carboxylic acids is 1. The number of nitrogens with zero attached hydrogens (tertiary/aromatic N) is 2. The van der Waals surface area contributed by atoms with E-state index in [1.54, 1.807) is 18.2 Å². The smallest absolute Gasteiger partial charge is 0.406 e. The van der Waals surface area contributed by atoms with Crippen LogP contribution < -0.4 is 19.5 Å². The summed E-state index contributed by atoms with van der Waals surface area (Å²) in [6, 6.07) is 8.08. The zero-order chi connectivity index (χ0) is 19.6. The topological polar surface area (TPSA) is 113 Å². The Bertz CT molecular complexity index is 910. The number of rotatable bonds is 5. The van der Waals surface area contributed by atoms with Crippen molar-refractivity contribution in [2.24, 2.45) is 0 Å². The van der Waals surface area contributed by atoms with Gasteiger partial charge in [0.1, 0.15) is 6.20 Å². The average Bonchev–Trinajstić information content (AvgIpc) is 3.03. The molecular formula is C19H19N3O6. The van der Waals surface area contributed by atoms with Gasteiger partial charge < -0.3 is 29.6 Å². The minimum atomic E-state index is -0.661. The first kappa shape index (κ1) is 18.0. The third-order valence-electron chi connectivity index (χ3n) is 4.72. The molecule has 1 spiro atoms. The first-order chi connectivity index (χ1) is 13.5. The number of ether oxygens (including phenoxy) is 3. The van der Waals surface area contributed by atoms with Crippen molar-refractivity contribution in [2.75, 3.05) is 11.9 Å².